The summed E-state index contributed by atoms with van der Waals surface area (Å²) in [5, 5.41) is 2.71. The highest BCUT2D eigenvalue weighted by Crippen LogP contribution is 2.32. The minimum atomic E-state index is -0.927. The molecule has 1 atom stereocenters. The molecule has 3 rings (SSSR count). The lowest BCUT2D eigenvalue weighted by molar-refractivity contribution is -0.152. The molecule has 1 aliphatic heterocycles. The monoisotopic (exact) mass is 371 g/mol. The molecule has 0 saturated carbocycles. The van der Waals surface area contributed by atoms with Gasteiger partial charge in [0.2, 0.25) is 0 Å². The maximum atomic E-state index is 12.3. The Kier molecular flexibility index (Phi) is 5.80. The Bertz CT molecular complexity index is 818. The lowest BCUT2D eigenvalue weighted by Crippen LogP contribution is -2.30. The first kappa shape index (κ1) is 18.6. The highest BCUT2D eigenvalue weighted by Gasteiger charge is 2.19. The van der Waals surface area contributed by atoms with Crippen molar-refractivity contribution in [2.24, 2.45) is 0 Å². The van der Waals surface area contributed by atoms with Crippen LogP contribution in [0.2, 0.25) is 0 Å². The van der Waals surface area contributed by atoms with Crippen LogP contribution in [-0.2, 0) is 20.7 Å². The Hall–Kier alpha value is -3.22. The second-order valence-electron chi connectivity index (χ2n) is 6.00. The summed E-state index contributed by atoms with van der Waals surface area (Å²) in [6, 6.07) is 12.2. The van der Waals surface area contributed by atoms with Crippen LogP contribution in [0.3, 0.4) is 0 Å². The van der Waals surface area contributed by atoms with E-state index in [-0.39, 0.29) is 6.42 Å². The van der Waals surface area contributed by atoms with Crippen LogP contribution in [0.4, 0.5) is 5.69 Å². The predicted molar refractivity (Wildman–Crippen MR) is 98.3 cm³/mol. The van der Waals surface area contributed by atoms with Gasteiger partial charge in [-0.2, -0.15) is 0 Å². The minimum absolute atomic E-state index is 0.0750. The number of carbonyl (C=O) groups excluding carboxylic acids is 2. The van der Waals surface area contributed by atoms with Crippen LogP contribution in [0, 0.1) is 0 Å². The number of nitrogens with one attached hydrogen (secondary N) is 1. The molecule has 27 heavy (non-hydrogen) atoms. The Labute approximate surface area is 157 Å². The van der Waals surface area contributed by atoms with Gasteiger partial charge in [0.05, 0.1) is 13.5 Å². The van der Waals surface area contributed by atoms with Gasteiger partial charge in [-0.3, -0.25) is 9.59 Å². The molecule has 0 unspecified atom stereocenters. The van der Waals surface area contributed by atoms with E-state index in [1.165, 1.54) is 6.92 Å². The average molecular weight is 371 g/mol. The summed E-state index contributed by atoms with van der Waals surface area (Å²) < 4.78 is 21.2. The van der Waals surface area contributed by atoms with Gasteiger partial charge in [-0.15, -0.1) is 0 Å². The van der Waals surface area contributed by atoms with Crippen molar-refractivity contribution in [2.45, 2.75) is 19.4 Å². The lowest BCUT2D eigenvalue weighted by atomic mass is 10.1. The molecule has 0 spiro atoms. The Morgan fingerprint density at radius 1 is 1.07 bits per heavy atom. The number of methoxy groups -OCH3 is 1. The van der Waals surface area contributed by atoms with Crippen molar-refractivity contribution in [3.63, 3.8) is 0 Å². The summed E-state index contributed by atoms with van der Waals surface area (Å²) >= 11 is 0. The van der Waals surface area contributed by atoms with Crippen molar-refractivity contribution in [3.05, 3.63) is 48.0 Å². The standard InChI is InChI=1S/C20H21NO6/c1-13(27-19(22)11-14-3-6-16(24-2)7-4-14)20(23)21-15-5-8-17-18(12-15)26-10-9-25-17/h3-8,12-13H,9-11H2,1-2H3,(H,21,23)/t13-/m1/s1. The van der Waals surface area contributed by atoms with E-state index < -0.39 is 18.0 Å². The van der Waals surface area contributed by atoms with Gasteiger partial charge in [-0.05, 0) is 36.8 Å². The van der Waals surface area contributed by atoms with Crippen molar-refractivity contribution in [1.82, 2.24) is 0 Å². The summed E-state index contributed by atoms with van der Waals surface area (Å²) in [6.45, 7) is 2.49. The highest BCUT2D eigenvalue weighted by atomic mass is 16.6. The number of hydrogen-bond acceptors (Lipinski definition) is 6. The molecule has 2 aromatic carbocycles. The fourth-order valence-corrected chi connectivity index (χ4v) is 2.57. The smallest absolute Gasteiger partial charge is 0.311 e. The summed E-state index contributed by atoms with van der Waals surface area (Å²) in [6.07, 6.45) is -0.852. The molecule has 0 aliphatic carbocycles. The maximum Gasteiger partial charge on any atom is 0.311 e. The van der Waals surface area contributed by atoms with Gasteiger partial charge >= 0.3 is 5.97 Å². The van der Waals surface area contributed by atoms with Gasteiger partial charge in [0, 0.05) is 11.8 Å². The molecular weight excluding hydrogens is 350 g/mol. The van der Waals surface area contributed by atoms with Gasteiger partial charge in [0.15, 0.2) is 17.6 Å². The van der Waals surface area contributed by atoms with E-state index in [9.17, 15) is 9.59 Å². The van der Waals surface area contributed by atoms with Crippen molar-refractivity contribution < 1.29 is 28.5 Å². The quantitative estimate of drug-likeness (QED) is 0.786. The number of anilines is 1. The Morgan fingerprint density at radius 2 is 1.78 bits per heavy atom. The summed E-state index contributed by atoms with van der Waals surface area (Å²) in [5.74, 6) is 1.01. The summed E-state index contributed by atoms with van der Waals surface area (Å²) in [7, 11) is 1.57. The van der Waals surface area contributed by atoms with Crippen LogP contribution >= 0.6 is 0 Å². The molecule has 0 fully saturated rings. The third kappa shape index (κ3) is 4.91. The number of carbonyl (C=O) groups is 2. The average Bonchev–Trinajstić information content (AvgIpc) is 2.68. The van der Waals surface area contributed by atoms with Crippen LogP contribution in [0.25, 0.3) is 0 Å². The van der Waals surface area contributed by atoms with Gasteiger partial charge < -0.3 is 24.3 Å². The van der Waals surface area contributed by atoms with Crippen molar-refractivity contribution >= 4 is 17.6 Å². The SMILES string of the molecule is COc1ccc(CC(=O)O[C@H](C)C(=O)Nc2ccc3c(c2)OCCO3)cc1. The Morgan fingerprint density at radius 3 is 2.48 bits per heavy atom. The van der Waals surface area contributed by atoms with E-state index in [1.807, 2.05) is 0 Å². The van der Waals surface area contributed by atoms with Gasteiger partial charge in [-0.25, -0.2) is 0 Å². The molecule has 2 aromatic rings. The molecule has 1 amide bonds. The number of ether oxygens (including phenoxy) is 4. The number of esters is 1. The summed E-state index contributed by atoms with van der Waals surface area (Å²) in [5.41, 5.74) is 1.32. The number of benzene rings is 2. The Balaban J connectivity index is 1.53. The molecule has 0 saturated heterocycles. The second kappa shape index (κ2) is 8.44. The number of rotatable bonds is 6. The topological polar surface area (TPSA) is 83.1 Å². The van der Waals surface area contributed by atoms with Crippen molar-refractivity contribution in [3.8, 4) is 17.2 Å². The van der Waals surface area contributed by atoms with E-state index in [1.54, 1.807) is 49.6 Å². The molecule has 1 heterocycles. The molecular formula is C20H21NO6. The molecule has 0 aromatic heterocycles. The first-order valence-electron chi connectivity index (χ1n) is 8.58. The zero-order chi connectivity index (χ0) is 19.2. The zero-order valence-corrected chi connectivity index (χ0v) is 15.2. The number of hydrogen-bond donors (Lipinski definition) is 1. The van der Waals surface area contributed by atoms with Crippen LogP contribution in [0.1, 0.15) is 12.5 Å². The van der Waals surface area contributed by atoms with Crippen LogP contribution in [0.15, 0.2) is 42.5 Å². The number of amides is 1. The fourth-order valence-electron chi connectivity index (χ4n) is 2.57. The van der Waals surface area contributed by atoms with Gasteiger partial charge in [-0.1, -0.05) is 12.1 Å². The minimum Gasteiger partial charge on any atom is -0.497 e. The maximum absolute atomic E-state index is 12.3. The first-order chi connectivity index (χ1) is 13.0. The van der Waals surface area contributed by atoms with E-state index in [0.29, 0.717) is 36.1 Å². The fraction of sp³-hybridized carbons (Fsp3) is 0.300. The predicted octanol–water partition coefficient (Wildman–Crippen LogP) is 2.58. The van der Waals surface area contributed by atoms with Crippen molar-refractivity contribution in [1.29, 1.82) is 0 Å². The molecule has 7 nitrogen and oxygen atoms in total. The third-order valence-corrected chi connectivity index (χ3v) is 3.99. The van der Waals surface area contributed by atoms with E-state index in [4.69, 9.17) is 18.9 Å². The molecule has 1 aliphatic rings. The molecule has 142 valence electrons. The third-order valence-electron chi connectivity index (χ3n) is 3.99. The lowest BCUT2D eigenvalue weighted by Gasteiger charge is -2.19. The van der Waals surface area contributed by atoms with E-state index in [0.717, 1.165) is 5.56 Å². The molecule has 0 radical (unpaired) electrons. The molecule has 1 N–H and O–H groups in total. The van der Waals surface area contributed by atoms with Crippen LogP contribution in [-0.4, -0.2) is 38.3 Å². The van der Waals surface area contributed by atoms with E-state index >= 15 is 0 Å². The first-order valence-corrected chi connectivity index (χ1v) is 8.58. The van der Waals surface area contributed by atoms with Gasteiger partial charge in [0.25, 0.3) is 5.91 Å². The van der Waals surface area contributed by atoms with Crippen LogP contribution < -0.4 is 19.5 Å². The molecule has 7 heteroatoms. The normalized spacial score (nSPS) is 13.4. The van der Waals surface area contributed by atoms with Gasteiger partial charge in [0.1, 0.15) is 19.0 Å². The zero-order valence-electron chi connectivity index (χ0n) is 15.2. The molecule has 0 bridgehead atoms. The second-order valence-corrected chi connectivity index (χ2v) is 6.00. The highest BCUT2D eigenvalue weighted by molar-refractivity contribution is 5.95. The summed E-state index contributed by atoms with van der Waals surface area (Å²) in [4.78, 5) is 24.3. The van der Waals surface area contributed by atoms with Crippen LogP contribution in [0.5, 0.6) is 17.2 Å². The van der Waals surface area contributed by atoms with E-state index in [2.05, 4.69) is 5.32 Å². The largest absolute Gasteiger partial charge is 0.497 e. The van der Waals surface area contributed by atoms with Crippen molar-refractivity contribution in [2.75, 3.05) is 25.6 Å². The number of fused-ring (bicyclic) bond motifs is 1.